The van der Waals surface area contributed by atoms with Gasteiger partial charge in [-0.05, 0) is 38.5 Å². The molecule has 0 spiro atoms. The first kappa shape index (κ1) is 16.5. The molecule has 0 aliphatic carbocycles. The van der Waals surface area contributed by atoms with Crippen molar-refractivity contribution in [3.63, 3.8) is 0 Å². The minimum atomic E-state index is -1.13. The van der Waals surface area contributed by atoms with E-state index in [2.05, 4.69) is 5.32 Å². The molecule has 1 heterocycles. The summed E-state index contributed by atoms with van der Waals surface area (Å²) in [6, 6.07) is 5.29. The largest absolute Gasteiger partial charge is 0.481 e. The number of carbonyl (C=O) groups excluding carboxylic acids is 1. The van der Waals surface area contributed by atoms with Crippen LogP contribution in [0.3, 0.4) is 0 Å². The Morgan fingerprint density at radius 1 is 1.26 bits per heavy atom. The minimum Gasteiger partial charge on any atom is -0.481 e. The summed E-state index contributed by atoms with van der Waals surface area (Å²) in [7, 11) is 0. The number of aryl methyl sites for hydroxylation is 1. The molecule has 2 aromatic rings. The van der Waals surface area contributed by atoms with Crippen molar-refractivity contribution in [1.82, 2.24) is 5.32 Å². The van der Waals surface area contributed by atoms with Crippen molar-refractivity contribution in [2.45, 2.75) is 32.9 Å². The molecule has 1 aromatic heterocycles. The molecule has 122 valence electrons. The summed E-state index contributed by atoms with van der Waals surface area (Å²) in [5.74, 6) is -1.34. The van der Waals surface area contributed by atoms with Crippen LogP contribution in [0.4, 0.5) is 0 Å². The summed E-state index contributed by atoms with van der Waals surface area (Å²) >= 11 is 0. The lowest BCUT2D eigenvalue weighted by Gasteiger charge is -2.16. The highest BCUT2D eigenvalue weighted by Gasteiger charge is 2.20. The Morgan fingerprint density at radius 3 is 2.61 bits per heavy atom. The van der Waals surface area contributed by atoms with Gasteiger partial charge in [0.25, 0.3) is 5.91 Å². The summed E-state index contributed by atoms with van der Waals surface area (Å²) < 4.78 is 10.6. The number of benzene rings is 1. The Balaban J connectivity index is 2.16. The van der Waals surface area contributed by atoms with Crippen molar-refractivity contribution in [1.29, 1.82) is 0 Å². The maximum atomic E-state index is 11.9. The standard InChI is InChI=1S/C16H17NO6/c1-8-6-14(18)23-13-7-11(4-5-12(8)13)22-10(3)15(19)17-9(2)16(20)21/h4-7,9-10H,1-3H3,(H,17,19)(H,20,21)/t9-,10?/m1/s1. The zero-order valence-electron chi connectivity index (χ0n) is 13.0. The average molecular weight is 319 g/mol. The van der Waals surface area contributed by atoms with Crippen molar-refractivity contribution in [3.05, 3.63) is 40.2 Å². The molecule has 0 bridgehead atoms. The van der Waals surface area contributed by atoms with Crippen LogP contribution in [0.2, 0.25) is 0 Å². The van der Waals surface area contributed by atoms with E-state index in [0.717, 1.165) is 10.9 Å². The number of amides is 1. The molecule has 0 fully saturated rings. The maximum absolute atomic E-state index is 11.9. The van der Waals surface area contributed by atoms with Crippen LogP contribution in [-0.2, 0) is 9.59 Å². The van der Waals surface area contributed by atoms with E-state index in [0.29, 0.717) is 11.3 Å². The molecule has 2 atom stereocenters. The second-order valence-corrected chi connectivity index (χ2v) is 5.24. The number of aliphatic carboxylic acids is 1. The van der Waals surface area contributed by atoms with Gasteiger partial charge in [0.05, 0.1) is 0 Å². The van der Waals surface area contributed by atoms with Crippen molar-refractivity contribution in [3.8, 4) is 5.75 Å². The van der Waals surface area contributed by atoms with Gasteiger partial charge >= 0.3 is 11.6 Å². The number of hydrogen-bond donors (Lipinski definition) is 2. The van der Waals surface area contributed by atoms with Gasteiger partial charge in [-0.3, -0.25) is 9.59 Å². The summed E-state index contributed by atoms with van der Waals surface area (Å²) in [6.07, 6.45) is -0.897. The molecule has 0 radical (unpaired) electrons. The van der Waals surface area contributed by atoms with Crippen molar-refractivity contribution < 1.29 is 23.8 Å². The summed E-state index contributed by atoms with van der Waals surface area (Å²) in [5, 5.41) is 11.9. The highest BCUT2D eigenvalue weighted by Crippen LogP contribution is 2.22. The van der Waals surface area contributed by atoms with Gasteiger partial charge in [0.2, 0.25) is 0 Å². The lowest BCUT2D eigenvalue weighted by atomic mass is 10.1. The predicted octanol–water partition coefficient (Wildman–Crippen LogP) is 1.46. The van der Waals surface area contributed by atoms with Crippen molar-refractivity contribution in [2.75, 3.05) is 0 Å². The van der Waals surface area contributed by atoms with Gasteiger partial charge in [-0.2, -0.15) is 0 Å². The lowest BCUT2D eigenvalue weighted by Crippen LogP contribution is -2.44. The van der Waals surface area contributed by atoms with E-state index in [1.54, 1.807) is 19.1 Å². The third-order valence-electron chi connectivity index (χ3n) is 3.33. The third-order valence-corrected chi connectivity index (χ3v) is 3.33. The Labute approximate surface area is 131 Å². The quantitative estimate of drug-likeness (QED) is 0.808. The first-order chi connectivity index (χ1) is 10.8. The Hall–Kier alpha value is -2.83. The highest BCUT2D eigenvalue weighted by molar-refractivity contribution is 5.86. The normalized spacial score (nSPS) is 13.3. The van der Waals surface area contributed by atoms with Crippen LogP contribution >= 0.6 is 0 Å². The second-order valence-electron chi connectivity index (χ2n) is 5.24. The van der Waals surface area contributed by atoms with Crippen LogP contribution < -0.4 is 15.7 Å². The van der Waals surface area contributed by atoms with Crippen molar-refractivity contribution in [2.24, 2.45) is 0 Å². The van der Waals surface area contributed by atoms with E-state index < -0.39 is 29.6 Å². The average Bonchev–Trinajstić information content (AvgIpc) is 2.46. The SMILES string of the molecule is Cc1cc(=O)oc2cc(OC(C)C(=O)N[C@H](C)C(=O)O)ccc12. The Morgan fingerprint density at radius 2 is 1.96 bits per heavy atom. The van der Waals surface area contributed by atoms with E-state index >= 15 is 0 Å². The molecule has 0 saturated carbocycles. The molecule has 1 unspecified atom stereocenters. The zero-order chi connectivity index (χ0) is 17.1. The third kappa shape index (κ3) is 3.88. The smallest absolute Gasteiger partial charge is 0.336 e. The first-order valence-electron chi connectivity index (χ1n) is 7.02. The van der Waals surface area contributed by atoms with Gasteiger partial charge in [-0.15, -0.1) is 0 Å². The van der Waals surface area contributed by atoms with Crippen LogP contribution in [0.15, 0.2) is 33.5 Å². The van der Waals surface area contributed by atoms with Crippen LogP contribution in [0.5, 0.6) is 5.75 Å². The molecule has 7 nitrogen and oxygen atoms in total. The van der Waals surface area contributed by atoms with E-state index in [1.807, 2.05) is 0 Å². The number of hydrogen-bond acceptors (Lipinski definition) is 5. The van der Waals surface area contributed by atoms with Gasteiger partial charge in [-0.1, -0.05) is 0 Å². The molecule has 0 aliphatic heterocycles. The van der Waals surface area contributed by atoms with Crippen LogP contribution in [-0.4, -0.2) is 29.1 Å². The van der Waals surface area contributed by atoms with E-state index in [1.165, 1.54) is 26.0 Å². The number of nitrogens with one attached hydrogen (secondary N) is 1. The van der Waals surface area contributed by atoms with E-state index in [9.17, 15) is 14.4 Å². The topological polar surface area (TPSA) is 106 Å². The maximum Gasteiger partial charge on any atom is 0.336 e. The van der Waals surface area contributed by atoms with Gasteiger partial charge in [0, 0.05) is 17.5 Å². The molecule has 1 amide bonds. The highest BCUT2D eigenvalue weighted by atomic mass is 16.5. The monoisotopic (exact) mass is 319 g/mol. The predicted molar refractivity (Wildman–Crippen MR) is 82.6 cm³/mol. The Bertz CT molecular complexity index is 810. The number of carbonyl (C=O) groups is 2. The van der Waals surface area contributed by atoms with E-state index in [4.69, 9.17) is 14.3 Å². The second kappa shape index (κ2) is 6.51. The number of ether oxygens (including phenoxy) is 1. The van der Waals surface area contributed by atoms with E-state index in [-0.39, 0.29) is 0 Å². The van der Waals surface area contributed by atoms with Crippen LogP contribution in [0, 0.1) is 6.92 Å². The molecule has 7 heteroatoms. The zero-order valence-corrected chi connectivity index (χ0v) is 13.0. The first-order valence-corrected chi connectivity index (χ1v) is 7.02. The molecule has 1 aromatic carbocycles. The van der Waals surface area contributed by atoms with Crippen LogP contribution in [0.1, 0.15) is 19.4 Å². The fraction of sp³-hybridized carbons (Fsp3) is 0.312. The molecule has 0 saturated heterocycles. The van der Waals surface area contributed by atoms with Gasteiger partial charge < -0.3 is 19.6 Å². The van der Waals surface area contributed by atoms with Crippen molar-refractivity contribution >= 4 is 22.8 Å². The molecule has 2 rings (SSSR count). The fourth-order valence-corrected chi connectivity index (χ4v) is 2.03. The Kier molecular flexibility index (Phi) is 4.68. The number of rotatable bonds is 5. The van der Waals surface area contributed by atoms with Crippen LogP contribution in [0.25, 0.3) is 11.0 Å². The molecule has 23 heavy (non-hydrogen) atoms. The molecule has 2 N–H and O–H groups in total. The summed E-state index contributed by atoms with van der Waals surface area (Å²) in [4.78, 5) is 34.0. The molecular formula is C16H17NO6. The fourth-order valence-electron chi connectivity index (χ4n) is 2.03. The molecule has 0 aliphatic rings. The molecular weight excluding hydrogens is 302 g/mol. The minimum absolute atomic E-state index is 0.344. The van der Waals surface area contributed by atoms with Gasteiger partial charge in [-0.25, -0.2) is 4.79 Å². The number of fused-ring (bicyclic) bond motifs is 1. The van der Waals surface area contributed by atoms with Gasteiger partial charge in [0.1, 0.15) is 17.4 Å². The summed E-state index contributed by atoms with van der Waals surface area (Å²) in [6.45, 7) is 4.66. The van der Waals surface area contributed by atoms with Gasteiger partial charge in [0.15, 0.2) is 6.10 Å². The summed E-state index contributed by atoms with van der Waals surface area (Å²) in [5.41, 5.74) is 0.677. The number of carboxylic acid groups (broad SMARTS) is 1. The number of carboxylic acids is 1. The lowest BCUT2D eigenvalue weighted by molar-refractivity contribution is -0.142.